The summed E-state index contributed by atoms with van der Waals surface area (Å²) in [5.74, 6) is -0.523. The van der Waals surface area contributed by atoms with Gasteiger partial charge in [-0.05, 0) is 36.4 Å². The molecule has 19 heavy (non-hydrogen) atoms. The number of ketones is 1. The molecule has 2 aromatic rings. The van der Waals surface area contributed by atoms with Crippen LogP contribution in [0.2, 0.25) is 5.02 Å². The number of hydrogen-bond acceptors (Lipinski definition) is 5. The average Bonchev–Trinajstić information content (AvgIpc) is 2.95. The van der Waals surface area contributed by atoms with Crippen LogP contribution < -0.4 is 5.43 Å². The number of nitrogens with zero attached hydrogens (tertiary/aromatic N) is 1. The maximum atomic E-state index is 11.8. The van der Waals surface area contributed by atoms with E-state index in [9.17, 15) is 9.59 Å². The number of anilines is 1. The van der Waals surface area contributed by atoms with Crippen molar-refractivity contribution in [2.24, 2.45) is 5.10 Å². The second kappa shape index (κ2) is 5.97. The summed E-state index contributed by atoms with van der Waals surface area (Å²) in [4.78, 5) is 22.7. The number of aldehydes is 1. The standard InChI is InChI=1S/C13H9ClN2O3/c14-9-3-5-10(6-4-9)15-16-11(8-17)13(18)12-2-1-7-19-12/h1-8,15H. The van der Waals surface area contributed by atoms with E-state index in [1.807, 2.05) is 0 Å². The van der Waals surface area contributed by atoms with Crippen molar-refractivity contribution in [3.05, 3.63) is 53.4 Å². The number of hydrazone groups is 1. The van der Waals surface area contributed by atoms with Crippen molar-refractivity contribution >= 4 is 35.1 Å². The molecule has 0 atom stereocenters. The minimum atomic E-state index is -0.582. The van der Waals surface area contributed by atoms with Crippen LogP contribution in [0.25, 0.3) is 0 Å². The Labute approximate surface area is 113 Å². The van der Waals surface area contributed by atoms with E-state index < -0.39 is 5.78 Å². The first-order valence-corrected chi connectivity index (χ1v) is 5.71. The molecule has 1 aromatic carbocycles. The van der Waals surface area contributed by atoms with Gasteiger partial charge in [0.05, 0.1) is 12.0 Å². The van der Waals surface area contributed by atoms with Crippen LogP contribution in [0.5, 0.6) is 0 Å². The Morgan fingerprint density at radius 2 is 2.00 bits per heavy atom. The van der Waals surface area contributed by atoms with Crippen molar-refractivity contribution in [2.45, 2.75) is 0 Å². The van der Waals surface area contributed by atoms with E-state index in [2.05, 4.69) is 10.5 Å². The van der Waals surface area contributed by atoms with Crippen molar-refractivity contribution in [3.63, 3.8) is 0 Å². The van der Waals surface area contributed by atoms with Crippen molar-refractivity contribution < 1.29 is 14.0 Å². The molecular formula is C13H9ClN2O3. The summed E-state index contributed by atoms with van der Waals surface area (Å²) in [6, 6.07) is 9.69. The maximum Gasteiger partial charge on any atom is 0.251 e. The molecule has 1 N–H and O–H groups in total. The molecule has 0 bridgehead atoms. The largest absolute Gasteiger partial charge is 0.461 e. The van der Waals surface area contributed by atoms with E-state index >= 15 is 0 Å². The van der Waals surface area contributed by atoms with E-state index in [4.69, 9.17) is 16.0 Å². The van der Waals surface area contributed by atoms with Crippen LogP contribution in [0.3, 0.4) is 0 Å². The van der Waals surface area contributed by atoms with Crippen LogP contribution in [-0.2, 0) is 4.79 Å². The zero-order chi connectivity index (χ0) is 13.7. The SMILES string of the molecule is O=CC(=NNc1ccc(Cl)cc1)C(=O)c1ccco1. The number of rotatable bonds is 5. The molecule has 0 unspecified atom stereocenters. The third-order valence-electron chi connectivity index (χ3n) is 2.24. The van der Waals surface area contributed by atoms with Gasteiger partial charge in [-0.25, -0.2) is 0 Å². The predicted octanol–water partition coefficient (Wildman–Crippen LogP) is 2.78. The lowest BCUT2D eigenvalue weighted by Gasteiger charge is -2.01. The first-order chi connectivity index (χ1) is 9.20. The van der Waals surface area contributed by atoms with Gasteiger partial charge >= 0.3 is 0 Å². The number of carbonyl (C=O) groups excluding carboxylic acids is 2. The second-order valence-electron chi connectivity index (χ2n) is 3.54. The van der Waals surface area contributed by atoms with Gasteiger partial charge in [0.2, 0.25) is 0 Å². The summed E-state index contributed by atoms with van der Waals surface area (Å²) >= 11 is 5.73. The lowest BCUT2D eigenvalue weighted by Crippen LogP contribution is -2.16. The summed E-state index contributed by atoms with van der Waals surface area (Å²) in [7, 11) is 0. The number of furan rings is 1. The van der Waals surface area contributed by atoms with Crippen LogP contribution in [0, 0.1) is 0 Å². The van der Waals surface area contributed by atoms with Gasteiger partial charge in [0.1, 0.15) is 0 Å². The molecule has 5 nitrogen and oxygen atoms in total. The second-order valence-corrected chi connectivity index (χ2v) is 3.98. The minimum absolute atomic E-state index is 0.0590. The molecule has 1 heterocycles. The Hall–Kier alpha value is -2.40. The topological polar surface area (TPSA) is 71.7 Å². The third-order valence-corrected chi connectivity index (χ3v) is 2.49. The Balaban J connectivity index is 2.13. The van der Waals surface area contributed by atoms with Gasteiger partial charge in [-0.2, -0.15) is 5.10 Å². The minimum Gasteiger partial charge on any atom is -0.461 e. The Kier molecular flexibility index (Phi) is 4.10. The predicted molar refractivity (Wildman–Crippen MR) is 71.6 cm³/mol. The number of Topliss-reactive ketones (excluding diaryl/α,β-unsaturated/α-hetero) is 1. The molecular weight excluding hydrogens is 268 g/mol. The van der Waals surface area contributed by atoms with Crippen molar-refractivity contribution in [2.75, 3.05) is 5.43 Å². The highest BCUT2D eigenvalue weighted by atomic mass is 35.5. The summed E-state index contributed by atoms with van der Waals surface area (Å²) in [6.07, 6.45) is 1.72. The molecule has 0 aliphatic heterocycles. The highest BCUT2D eigenvalue weighted by Gasteiger charge is 2.16. The Bertz CT molecular complexity index is 603. The molecule has 0 amide bonds. The zero-order valence-corrected chi connectivity index (χ0v) is 10.4. The molecule has 0 saturated carbocycles. The highest BCUT2D eigenvalue weighted by molar-refractivity contribution is 6.63. The van der Waals surface area contributed by atoms with Crippen LogP contribution in [0.15, 0.2) is 52.2 Å². The molecule has 1 aromatic heterocycles. The van der Waals surface area contributed by atoms with Gasteiger partial charge in [-0.3, -0.25) is 15.0 Å². The third kappa shape index (κ3) is 3.29. The molecule has 0 spiro atoms. The van der Waals surface area contributed by atoms with E-state index in [0.717, 1.165) is 0 Å². The van der Waals surface area contributed by atoms with Crippen LogP contribution >= 0.6 is 11.6 Å². The van der Waals surface area contributed by atoms with E-state index in [1.54, 1.807) is 30.3 Å². The molecule has 6 heteroatoms. The quantitative estimate of drug-likeness (QED) is 0.300. The fourth-order valence-corrected chi connectivity index (χ4v) is 1.44. The first-order valence-electron chi connectivity index (χ1n) is 5.33. The van der Waals surface area contributed by atoms with Crippen LogP contribution in [-0.4, -0.2) is 17.8 Å². The van der Waals surface area contributed by atoms with Crippen LogP contribution in [0.4, 0.5) is 5.69 Å². The first kappa shape index (κ1) is 13.0. The normalized spacial score (nSPS) is 11.1. The van der Waals surface area contributed by atoms with Gasteiger partial charge in [0.25, 0.3) is 5.78 Å². The van der Waals surface area contributed by atoms with Gasteiger partial charge in [0, 0.05) is 5.02 Å². The number of hydrogen-bond donors (Lipinski definition) is 1. The Morgan fingerprint density at radius 1 is 1.26 bits per heavy atom. The number of halogens is 1. The summed E-state index contributed by atoms with van der Waals surface area (Å²) in [5.41, 5.74) is 2.94. The van der Waals surface area contributed by atoms with Crippen molar-refractivity contribution in [1.29, 1.82) is 0 Å². The zero-order valence-electron chi connectivity index (χ0n) is 9.67. The molecule has 0 saturated heterocycles. The molecule has 0 aliphatic carbocycles. The Morgan fingerprint density at radius 3 is 2.58 bits per heavy atom. The van der Waals surface area contributed by atoms with Gasteiger partial charge in [-0.1, -0.05) is 11.6 Å². The molecule has 0 fully saturated rings. The van der Waals surface area contributed by atoms with E-state index in [1.165, 1.54) is 12.3 Å². The van der Waals surface area contributed by atoms with E-state index in [-0.39, 0.29) is 11.5 Å². The van der Waals surface area contributed by atoms with E-state index in [0.29, 0.717) is 17.0 Å². The summed E-state index contributed by atoms with van der Waals surface area (Å²) < 4.78 is 4.91. The van der Waals surface area contributed by atoms with Crippen molar-refractivity contribution in [1.82, 2.24) is 0 Å². The fourth-order valence-electron chi connectivity index (χ4n) is 1.31. The van der Waals surface area contributed by atoms with Gasteiger partial charge < -0.3 is 4.42 Å². The molecule has 96 valence electrons. The highest BCUT2D eigenvalue weighted by Crippen LogP contribution is 2.13. The number of carbonyl (C=O) groups is 2. The smallest absolute Gasteiger partial charge is 0.251 e. The summed E-state index contributed by atoms with van der Waals surface area (Å²) in [5, 5.41) is 4.32. The maximum absolute atomic E-state index is 11.8. The number of nitrogens with one attached hydrogen (secondary N) is 1. The van der Waals surface area contributed by atoms with Crippen LogP contribution in [0.1, 0.15) is 10.6 Å². The molecule has 0 aliphatic rings. The van der Waals surface area contributed by atoms with Crippen molar-refractivity contribution in [3.8, 4) is 0 Å². The molecule has 0 radical (unpaired) electrons. The monoisotopic (exact) mass is 276 g/mol. The fraction of sp³-hybridized carbons (Fsp3) is 0. The summed E-state index contributed by atoms with van der Waals surface area (Å²) in [6.45, 7) is 0. The lowest BCUT2D eigenvalue weighted by atomic mass is 10.2. The molecule has 2 rings (SSSR count). The average molecular weight is 277 g/mol. The van der Waals surface area contributed by atoms with Gasteiger partial charge in [0.15, 0.2) is 17.8 Å². The lowest BCUT2D eigenvalue weighted by molar-refractivity contribution is -0.102. The number of benzene rings is 1. The van der Waals surface area contributed by atoms with Gasteiger partial charge in [-0.15, -0.1) is 0 Å².